The van der Waals surface area contributed by atoms with Crippen molar-refractivity contribution >= 4 is 11.9 Å². The van der Waals surface area contributed by atoms with Gasteiger partial charge >= 0.3 is 6.03 Å². The van der Waals surface area contributed by atoms with Gasteiger partial charge in [0.05, 0.1) is 26.1 Å². The maximum atomic E-state index is 11.2. The third-order valence-corrected chi connectivity index (χ3v) is 1.53. The van der Waals surface area contributed by atoms with Crippen molar-refractivity contribution < 1.29 is 19.1 Å². The Kier molecular flexibility index (Phi) is 5.28. The number of carbonyl (C=O) groups is 1. The van der Waals surface area contributed by atoms with Gasteiger partial charge in [-0.15, -0.1) is 0 Å². The summed E-state index contributed by atoms with van der Waals surface area (Å²) in [6, 6.07) is 2.97. The number of hydrogen-bond donors (Lipinski definition) is 3. The average Bonchev–Trinajstić information content (AvgIpc) is 2.70. The standard InChI is InChI=1S/C9H14N2O4/c12-4-7-14-6-3-10-9(13)11-8-2-1-5-15-8/h1-2,5,12H,3-4,6-7H2,(H2,10,11,13). The molecule has 15 heavy (non-hydrogen) atoms. The second-order valence-corrected chi connectivity index (χ2v) is 2.69. The lowest BCUT2D eigenvalue weighted by Crippen LogP contribution is -2.31. The highest BCUT2D eigenvalue weighted by Crippen LogP contribution is 2.05. The van der Waals surface area contributed by atoms with Crippen LogP contribution in [0.5, 0.6) is 0 Å². The van der Waals surface area contributed by atoms with E-state index in [0.717, 1.165) is 0 Å². The fourth-order valence-electron chi connectivity index (χ4n) is 0.909. The highest BCUT2D eigenvalue weighted by atomic mass is 16.5. The van der Waals surface area contributed by atoms with Crippen molar-refractivity contribution in [3.63, 3.8) is 0 Å². The Morgan fingerprint density at radius 1 is 1.53 bits per heavy atom. The predicted octanol–water partition coefficient (Wildman–Crippen LogP) is 0.410. The Morgan fingerprint density at radius 2 is 2.40 bits per heavy atom. The van der Waals surface area contributed by atoms with E-state index in [1.807, 2.05) is 0 Å². The Balaban J connectivity index is 2.04. The molecule has 0 saturated heterocycles. The van der Waals surface area contributed by atoms with Crippen molar-refractivity contribution in [1.29, 1.82) is 0 Å². The van der Waals surface area contributed by atoms with Gasteiger partial charge in [0.2, 0.25) is 5.88 Å². The SMILES string of the molecule is O=C(NCCOCCO)Nc1ccco1. The zero-order chi connectivity index (χ0) is 10.9. The molecule has 0 radical (unpaired) electrons. The summed E-state index contributed by atoms with van der Waals surface area (Å²) in [5, 5.41) is 13.5. The van der Waals surface area contributed by atoms with E-state index in [1.165, 1.54) is 6.26 Å². The molecule has 0 spiro atoms. The van der Waals surface area contributed by atoms with Crippen molar-refractivity contribution in [2.75, 3.05) is 31.7 Å². The van der Waals surface area contributed by atoms with E-state index >= 15 is 0 Å². The number of hydrogen-bond acceptors (Lipinski definition) is 4. The highest BCUT2D eigenvalue weighted by Gasteiger charge is 2.01. The van der Waals surface area contributed by atoms with E-state index in [0.29, 0.717) is 19.0 Å². The van der Waals surface area contributed by atoms with Crippen LogP contribution in [-0.4, -0.2) is 37.5 Å². The number of aliphatic hydroxyl groups is 1. The zero-order valence-electron chi connectivity index (χ0n) is 8.23. The zero-order valence-corrected chi connectivity index (χ0v) is 8.23. The van der Waals surface area contributed by atoms with Crippen molar-refractivity contribution in [3.8, 4) is 0 Å². The molecular weight excluding hydrogens is 200 g/mol. The van der Waals surface area contributed by atoms with Gasteiger partial charge in [-0.3, -0.25) is 5.32 Å². The number of urea groups is 1. The summed E-state index contributed by atoms with van der Waals surface area (Å²) in [7, 11) is 0. The average molecular weight is 214 g/mol. The number of ether oxygens (including phenoxy) is 1. The van der Waals surface area contributed by atoms with Crippen LogP contribution >= 0.6 is 0 Å². The van der Waals surface area contributed by atoms with Crippen molar-refractivity contribution in [3.05, 3.63) is 18.4 Å². The lowest BCUT2D eigenvalue weighted by Gasteiger charge is -2.05. The summed E-state index contributed by atoms with van der Waals surface area (Å²) in [6.45, 7) is 1.01. The van der Waals surface area contributed by atoms with E-state index in [2.05, 4.69) is 10.6 Å². The molecule has 1 aromatic rings. The largest absolute Gasteiger partial charge is 0.449 e. The maximum absolute atomic E-state index is 11.2. The molecule has 0 aliphatic carbocycles. The van der Waals surface area contributed by atoms with Crippen molar-refractivity contribution in [2.24, 2.45) is 0 Å². The lowest BCUT2D eigenvalue weighted by atomic mass is 10.6. The van der Waals surface area contributed by atoms with Gasteiger partial charge in [-0.1, -0.05) is 0 Å². The number of carbonyl (C=O) groups excluding carboxylic acids is 1. The van der Waals surface area contributed by atoms with Gasteiger partial charge in [0.25, 0.3) is 0 Å². The minimum atomic E-state index is -0.349. The van der Waals surface area contributed by atoms with E-state index in [9.17, 15) is 4.79 Å². The molecule has 0 unspecified atom stereocenters. The number of aliphatic hydroxyl groups excluding tert-OH is 1. The second kappa shape index (κ2) is 6.86. The molecule has 1 rings (SSSR count). The van der Waals surface area contributed by atoms with Crippen molar-refractivity contribution in [1.82, 2.24) is 5.32 Å². The molecule has 0 aliphatic rings. The van der Waals surface area contributed by atoms with Gasteiger partial charge in [0.15, 0.2) is 0 Å². The van der Waals surface area contributed by atoms with Gasteiger partial charge in [-0.25, -0.2) is 4.79 Å². The van der Waals surface area contributed by atoms with Crippen LogP contribution in [0.1, 0.15) is 0 Å². The maximum Gasteiger partial charge on any atom is 0.321 e. The summed E-state index contributed by atoms with van der Waals surface area (Å²) >= 11 is 0. The molecule has 0 atom stereocenters. The Morgan fingerprint density at radius 3 is 3.07 bits per heavy atom. The summed E-state index contributed by atoms with van der Waals surface area (Å²) in [4.78, 5) is 11.2. The van der Waals surface area contributed by atoms with E-state index < -0.39 is 0 Å². The molecule has 1 aromatic heterocycles. The lowest BCUT2D eigenvalue weighted by molar-refractivity contribution is 0.0949. The van der Waals surface area contributed by atoms with Gasteiger partial charge in [-0.05, 0) is 6.07 Å². The number of amides is 2. The Hall–Kier alpha value is -1.53. The van der Waals surface area contributed by atoms with Crippen LogP contribution < -0.4 is 10.6 Å². The third kappa shape index (κ3) is 5.04. The van der Waals surface area contributed by atoms with Gasteiger partial charge in [0.1, 0.15) is 0 Å². The molecule has 0 bridgehead atoms. The van der Waals surface area contributed by atoms with Crippen LogP contribution in [0.2, 0.25) is 0 Å². The van der Waals surface area contributed by atoms with E-state index in [4.69, 9.17) is 14.3 Å². The summed E-state index contributed by atoms with van der Waals surface area (Å²) in [6.07, 6.45) is 1.47. The molecule has 6 nitrogen and oxygen atoms in total. The quantitative estimate of drug-likeness (QED) is 0.599. The molecule has 2 amide bonds. The topological polar surface area (TPSA) is 83.7 Å². The number of anilines is 1. The number of nitrogens with one attached hydrogen (secondary N) is 2. The molecule has 0 saturated carbocycles. The van der Waals surface area contributed by atoms with E-state index in [-0.39, 0.29) is 19.2 Å². The third-order valence-electron chi connectivity index (χ3n) is 1.53. The first kappa shape index (κ1) is 11.5. The normalized spacial score (nSPS) is 9.93. The summed E-state index contributed by atoms with van der Waals surface area (Å²) in [5.74, 6) is 0.392. The molecule has 0 fully saturated rings. The number of furan rings is 1. The van der Waals surface area contributed by atoms with Crippen LogP contribution in [0.25, 0.3) is 0 Å². The smallest absolute Gasteiger partial charge is 0.321 e. The molecule has 0 aromatic carbocycles. The van der Waals surface area contributed by atoms with Crippen LogP contribution in [0.4, 0.5) is 10.7 Å². The van der Waals surface area contributed by atoms with Gasteiger partial charge in [-0.2, -0.15) is 0 Å². The van der Waals surface area contributed by atoms with Gasteiger partial charge < -0.3 is 19.6 Å². The Bertz CT molecular complexity index is 274. The monoisotopic (exact) mass is 214 g/mol. The van der Waals surface area contributed by atoms with Crippen LogP contribution in [0.15, 0.2) is 22.8 Å². The minimum Gasteiger partial charge on any atom is -0.449 e. The summed E-state index contributed by atoms with van der Waals surface area (Å²) < 4.78 is 9.87. The minimum absolute atomic E-state index is 0.0153. The summed E-state index contributed by atoms with van der Waals surface area (Å²) in [5.41, 5.74) is 0. The van der Waals surface area contributed by atoms with E-state index in [1.54, 1.807) is 12.1 Å². The molecule has 0 aliphatic heterocycles. The van der Waals surface area contributed by atoms with Crippen LogP contribution in [0, 0.1) is 0 Å². The van der Waals surface area contributed by atoms with Gasteiger partial charge in [0, 0.05) is 12.6 Å². The first-order valence-electron chi connectivity index (χ1n) is 4.60. The first-order chi connectivity index (χ1) is 7.33. The number of rotatable bonds is 6. The highest BCUT2D eigenvalue weighted by molar-refractivity contribution is 5.87. The molecule has 6 heteroatoms. The van der Waals surface area contributed by atoms with Crippen molar-refractivity contribution in [2.45, 2.75) is 0 Å². The Labute approximate surface area is 87.2 Å². The molecular formula is C9H14N2O4. The second-order valence-electron chi connectivity index (χ2n) is 2.69. The fraction of sp³-hybridized carbons (Fsp3) is 0.444. The van der Waals surface area contributed by atoms with Crippen LogP contribution in [-0.2, 0) is 4.74 Å². The molecule has 3 N–H and O–H groups in total. The predicted molar refractivity (Wildman–Crippen MR) is 53.6 cm³/mol. The fourth-order valence-corrected chi connectivity index (χ4v) is 0.909. The van der Waals surface area contributed by atoms with Crippen LogP contribution in [0.3, 0.4) is 0 Å². The molecule has 1 heterocycles. The molecule has 84 valence electrons. The first-order valence-corrected chi connectivity index (χ1v) is 4.60.